The van der Waals surface area contributed by atoms with Crippen LogP contribution in [-0.4, -0.2) is 4.57 Å². The fraction of sp³-hybridized carbons (Fsp3) is 0.0196. The van der Waals surface area contributed by atoms with E-state index in [0.717, 1.165) is 29.2 Å². The van der Waals surface area contributed by atoms with Gasteiger partial charge in [0.25, 0.3) is 0 Å². The Morgan fingerprint density at radius 3 is 1.75 bits per heavy atom. The molecule has 0 radical (unpaired) electrons. The Bertz CT molecular complexity index is 2970. The summed E-state index contributed by atoms with van der Waals surface area (Å²) in [5.74, 6) is 0. The SMILES string of the molecule is c1ccc(N(c2ccccc2)c2ccc3c(c2)c2cc(-c4cc5c(c6ccccc46)-c4cccc6cccc(c46)C5)ccc2n3-c2ccccc2)cc1. The van der Waals surface area contributed by atoms with E-state index in [-0.39, 0.29) is 0 Å². The molecule has 0 unspecified atom stereocenters. The lowest BCUT2D eigenvalue weighted by atomic mass is 9.79. The molecule has 0 aliphatic heterocycles. The fourth-order valence-electron chi connectivity index (χ4n) is 8.88. The van der Waals surface area contributed by atoms with Gasteiger partial charge in [0, 0.05) is 33.5 Å². The van der Waals surface area contributed by atoms with Gasteiger partial charge in [-0.3, -0.25) is 0 Å². The molecule has 53 heavy (non-hydrogen) atoms. The Hall–Kier alpha value is -6.90. The van der Waals surface area contributed by atoms with Crippen LogP contribution in [0.1, 0.15) is 11.1 Å². The lowest BCUT2D eigenvalue weighted by Crippen LogP contribution is -2.09. The summed E-state index contributed by atoms with van der Waals surface area (Å²) in [6.45, 7) is 0. The average Bonchev–Trinajstić information content (AvgIpc) is 3.55. The molecule has 0 saturated heterocycles. The molecule has 9 aromatic carbocycles. The van der Waals surface area contributed by atoms with Gasteiger partial charge in [0.05, 0.1) is 11.0 Å². The van der Waals surface area contributed by atoms with Crippen LogP contribution in [0.25, 0.3) is 71.3 Å². The number of hydrogen-bond acceptors (Lipinski definition) is 1. The second kappa shape index (κ2) is 11.8. The van der Waals surface area contributed by atoms with Crippen molar-refractivity contribution in [1.82, 2.24) is 4.57 Å². The Morgan fingerprint density at radius 2 is 1.02 bits per heavy atom. The smallest absolute Gasteiger partial charge is 0.0542 e. The molecule has 0 bridgehead atoms. The molecule has 0 saturated carbocycles. The van der Waals surface area contributed by atoms with E-state index >= 15 is 0 Å². The quantitative estimate of drug-likeness (QED) is 0.176. The van der Waals surface area contributed by atoms with E-state index in [1.807, 2.05) is 0 Å². The Morgan fingerprint density at radius 1 is 0.396 bits per heavy atom. The molecule has 0 N–H and O–H groups in total. The van der Waals surface area contributed by atoms with Crippen LogP contribution in [0, 0.1) is 0 Å². The molecule has 1 aromatic heterocycles. The van der Waals surface area contributed by atoms with E-state index in [0.29, 0.717) is 0 Å². The number of hydrogen-bond donors (Lipinski definition) is 0. The minimum atomic E-state index is 0.926. The summed E-state index contributed by atoms with van der Waals surface area (Å²) in [6, 6.07) is 71.1. The van der Waals surface area contributed by atoms with E-state index in [1.54, 1.807) is 0 Å². The molecule has 1 aliphatic carbocycles. The molecule has 1 heterocycles. The minimum absolute atomic E-state index is 0.926. The second-order valence-electron chi connectivity index (χ2n) is 14.1. The van der Waals surface area contributed by atoms with Gasteiger partial charge in [-0.05, 0) is 134 Å². The number of anilines is 3. The molecule has 10 aromatic rings. The van der Waals surface area contributed by atoms with E-state index in [2.05, 4.69) is 204 Å². The summed E-state index contributed by atoms with van der Waals surface area (Å²) >= 11 is 0. The van der Waals surface area contributed by atoms with Gasteiger partial charge in [-0.15, -0.1) is 0 Å². The summed E-state index contributed by atoms with van der Waals surface area (Å²) in [5, 5.41) is 7.78. The third-order valence-electron chi connectivity index (χ3n) is 11.1. The average molecular weight is 675 g/mol. The lowest BCUT2D eigenvalue weighted by molar-refractivity contribution is 1.18. The van der Waals surface area contributed by atoms with Gasteiger partial charge in [-0.25, -0.2) is 0 Å². The molecular weight excluding hydrogens is 641 g/mol. The van der Waals surface area contributed by atoms with E-state index in [4.69, 9.17) is 0 Å². The van der Waals surface area contributed by atoms with E-state index in [1.165, 1.54) is 76.7 Å². The monoisotopic (exact) mass is 674 g/mol. The number of benzene rings is 9. The maximum Gasteiger partial charge on any atom is 0.0542 e. The normalized spacial score (nSPS) is 12.1. The van der Waals surface area contributed by atoms with Crippen molar-refractivity contribution in [3.05, 3.63) is 205 Å². The van der Waals surface area contributed by atoms with E-state index in [9.17, 15) is 0 Å². The van der Waals surface area contributed by atoms with Gasteiger partial charge in [-0.2, -0.15) is 0 Å². The number of fused-ring (bicyclic) bond motifs is 7. The molecule has 1 aliphatic rings. The highest BCUT2D eigenvalue weighted by atomic mass is 15.1. The van der Waals surface area contributed by atoms with Gasteiger partial charge in [0.1, 0.15) is 0 Å². The molecule has 2 nitrogen and oxygen atoms in total. The van der Waals surface area contributed by atoms with Crippen LogP contribution in [0.5, 0.6) is 0 Å². The summed E-state index contributed by atoms with van der Waals surface area (Å²) < 4.78 is 2.41. The summed E-state index contributed by atoms with van der Waals surface area (Å²) in [5.41, 5.74) is 14.9. The first-order chi connectivity index (χ1) is 26.3. The van der Waals surface area contributed by atoms with Gasteiger partial charge in [0.15, 0.2) is 0 Å². The minimum Gasteiger partial charge on any atom is -0.310 e. The van der Waals surface area contributed by atoms with Crippen LogP contribution >= 0.6 is 0 Å². The predicted molar refractivity (Wildman–Crippen MR) is 224 cm³/mol. The highest BCUT2D eigenvalue weighted by molar-refractivity contribution is 6.15. The van der Waals surface area contributed by atoms with Crippen LogP contribution in [0.15, 0.2) is 194 Å². The molecule has 11 rings (SSSR count). The van der Waals surface area contributed by atoms with Crippen molar-refractivity contribution in [2.24, 2.45) is 0 Å². The number of nitrogens with zero attached hydrogens (tertiary/aromatic N) is 2. The number of para-hydroxylation sites is 3. The van der Waals surface area contributed by atoms with Gasteiger partial charge in [0.2, 0.25) is 0 Å². The van der Waals surface area contributed by atoms with Crippen molar-refractivity contribution in [1.29, 1.82) is 0 Å². The van der Waals surface area contributed by atoms with Crippen LogP contribution in [0.4, 0.5) is 17.1 Å². The van der Waals surface area contributed by atoms with Crippen molar-refractivity contribution in [2.45, 2.75) is 6.42 Å². The van der Waals surface area contributed by atoms with Crippen molar-refractivity contribution in [3.63, 3.8) is 0 Å². The lowest BCUT2D eigenvalue weighted by Gasteiger charge is -2.25. The standard InChI is InChI=1S/C51H34N2/c1-4-17-38(18-5-1)52(39-19-6-2-7-20-39)41-27-29-49-47(33-41)46-31-35(26-28-48(46)53(49)40-21-8-3-9-22-40)45-32-37-30-36-16-12-14-34-15-13-25-44(50(34)36)51(37)43-24-11-10-23-42(43)45/h1-29,31-33H,30H2. The molecule has 0 spiro atoms. The Kier molecular flexibility index (Phi) is 6.65. The fourth-order valence-corrected chi connectivity index (χ4v) is 8.88. The summed E-state index contributed by atoms with van der Waals surface area (Å²) in [4.78, 5) is 2.35. The molecular formula is C51H34N2. The van der Waals surface area contributed by atoms with Crippen LogP contribution in [0.2, 0.25) is 0 Å². The van der Waals surface area contributed by atoms with Crippen molar-refractivity contribution < 1.29 is 0 Å². The first-order valence-electron chi connectivity index (χ1n) is 18.4. The molecule has 0 fully saturated rings. The highest BCUT2D eigenvalue weighted by Gasteiger charge is 2.23. The Balaban J connectivity index is 1.17. The predicted octanol–water partition coefficient (Wildman–Crippen LogP) is 13.8. The van der Waals surface area contributed by atoms with Gasteiger partial charge < -0.3 is 9.47 Å². The van der Waals surface area contributed by atoms with E-state index < -0.39 is 0 Å². The second-order valence-corrected chi connectivity index (χ2v) is 14.1. The van der Waals surface area contributed by atoms with Crippen LogP contribution in [0.3, 0.4) is 0 Å². The maximum atomic E-state index is 2.47. The molecule has 0 atom stereocenters. The zero-order chi connectivity index (χ0) is 34.9. The first-order valence-corrected chi connectivity index (χ1v) is 18.4. The topological polar surface area (TPSA) is 8.17 Å². The number of rotatable bonds is 5. The molecule has 0 amide bonds. The van der Waals surface area contributed by atoms with Crippen molar-refractivity contribution in [3.8, 4) is 27.9 Å². The van der Waals surface area contributed by atoms with Crippen LogP contribution in [-0.2, 0) is 6.42 Å². The van der Waals surface area contributed by atoms with Gasteiger partial charge in [-0.1, -0.05) is 121 Å². The zero-order valence-electron chi connectivity index (χ0n) is 29.1. The van der Waals surface area contributed by atoms with Crippen molar-refractivity contribution in [2.75, 3.05) is 4.90 Å². The third-order valence-corrected chi connectivity index (χ3v) is 11.1. The van der Waals surface area contributed by atoms with Gasteiger partial charge >= 0.3 is 0 Å². The zero-order valence-corrected chi connectivity index (χ0v) is 29.1. The molecule has 248 valence electrons. The third kappa shape index (κ3) is 4.66. The largest absolute Gasteiger partial charge is 0.310 e. The summed E-state index contributed by atoms with van der Waals surface area (Å²) in [6.07, 6.45) is 0.926. The highest BCUT2D eigenvalue weighted by Crippen LogP contribution is 2.47. The molecule has 2 heteroatoms. The maximum absolute atomic E-state index is 2.47. The Labute approximate surface area is 308 Å². The summed E-state index contributed by atoms with van der Waals surface area (Å²) in [7, 11) is 0. The van der Waals surface area contributed by atoms with Crippen molar-refractivity contribution >= 4 is 60.4 Å². The number of aromatic nitrogens is 1. The first kappa shape index (κ1) is 29.8. The van der Waals surface area contributed by atoms with Crippen LogP contribution < -0.4 is 4.90 Å².